The van der Waals surface area contributed by atoms with E-state index >= 15 is 0 Å². The maximum absolute atomic E-state index is 10.9. The van der Waals surface area contributed by atoms with E-state index in [1.807, 2.05) is 18.2 Å². The van der Waals surface area contributed by atoms with Crippen molar-refractivity contribution in [3.8, 4) is 0 Å². The number of benzene rings is 2. The minimum atomic E-state index is -0.906. The Labute approximate surface area is 155 Å². The van der Waals surface area contributed by atoms with Crippen LogP contribution in [0, 0.1) is 0 Å². The molecular formula is C23H26O3. The van der Waals surface area contributed by atoms with Crippen molar-refractivity contribution in [1.29, 1.82) is 0 Å². The fraction of sp³-hybridized carbons (Fsp3) is 0.348. The molecule has 1 aliphatic carbocycles. The molecular weight excluding hydrogens is 324 g/mol. The molecule has 0 saturated carbocycles. The smallest absolute Gasteiger partial charge is 0.335 e. The predicted octanol–water partition coefficient (Wildman–Crippen LogP) is 5.49. The number of fused-ring (bicyclic) bond motifs is 1. The Morgan fingerprint density at radius 3 is 2.19 bits per heavy atom. The van der Waals surface area contributed by atoms with Crippen molar-refractivity contribution in [1.82, 2.24) is 0 Å². The summed E-state index contributed by atoms with van der Waals surface area (Å²) in [6, 6.07) is 13.5. The van der Waals surface area contributed by atoms with Crippen LogP contribution in [-0.4, -0.2) is 18.2 Å². The summed E-state index contributed by atoms with van der Waals surface area (Å²) in [4.78, 5) is 10.9. The molecule has 0 radical (unpaired) electrons. The lowest BCUT2D eigenvalue weighted by molar-refractivity contribution is -0.0202. The summed E-state index contributed by atoms with van der Waals surface area (Å²) in [6.07, 6.45) is 6.18. The fourth-order valence-corrected chi connectivity index (χ4v) is 3.65. The Morgan fingerprint density at radius 1 is 0.962 bits per heavy atom. The number of rotatable bonds is 4. The van der Waals surface area contributed by atoms with E-state index in [2.05, 4.69) is 45.0 Å². The zero-order valence-electron chi connectivity index (χ0n) is 15.9. The molecule has 3 heteroatoms. The molecule has 2 aromatic rings. The zero-order valence-corrected chi connectivity index (χ0v) is 15.9. The molecule has 0 amide bonds. The minimum absolute atomic E-state index is 0.155. The van der Waals surface area contributed by atoms with E-state index in [0.29, 0.717) is 5.56 Å². The number of carbonyl (C=O) groups is 1. The molecule has 0 heterocycles. The van der Waals surface area contributed by atoms with Crippen molar-refractivity contribution < 1.29 is 14.6 Å². The van der Waals surface area contributed by atoms with Crippen LogP contribution in [0.5, 0.6) is 0 Å². The van der Waals surface area contributed by atoms with E-state index in [-0.39, 0.29) is 11.0 Å². The third-order valence-electron chi connectivity index (χ3n) is 5.65. The maximum Gasteiger partial charge on any atom is 0.335 e. The summed E-state index contributed by atoms with van der Waals surface area (Å²) < 4.78 is 5.87. The monoisotopic (exact) mass is 350 g/mol. The fourth-order valence-electron chi connectivity index (χ4n) is 3.65. The second-order valence-corrected chi connectivity index (χ2v) is 7.88. The normalized spacial score (nSPS) is 21.5. The van der Waals surface area contributed by atoms with E-state index in [1.165, 1.54) is 11.1 Å². The highest BCUT2D eigenvalue weighted by molar-refractivity contribution is 5.88. The van der Waals surface area contributed by atoms with Crippen LogP contribution in [-0.2, 0) is 15.8 Å². The summed E-state index contributed by atoms with van der Waals surface area (Å²) in [5.74, 6) is -0.906. The molecule has 0 aliphatic heterocycles. The third kappa shape index (κ3) is 3.45. The Balaban J connectivity index is 1.92. The SMILES string of the molecule is COC1(C)CCC(C)(C)c2ccc(C=Cc3ccc(C(=O)O)cc3)cc21. The molecule has 1 atom stereocenters. The van der Waals surface area contributed by atoms with Gasteiger partial charge in [-0.3, -0.25) is 0 Å². The van der Waals surface area contributed by atoms with Gasteiger partial charge in [0.1, 0.15) is 0 Å². The maximum atomic E-state index is 10.9. The number of hydrogen-bond donors (Lipinski definition) is 1. The molecule has 0 fully saturated rings. The van der Waals surface area contributed by atoms with Crippen molar-refractivity contribution in [2.45, 2.75) is 44.6 Å². The Kier molecular flexibility index (Phi) is 4.76. The van der Waals surface area contributed by atoms with Crippen LogP contribution in [0.15, 0.2) is 42.5 Å². The van der Waals surface area contributed by atoms with Gasteiger partial charge in [0.15, 0.2) is 0 Å². The lowest BCUT2D eigenvalue weighted by atomic mass is 9.67. The Morgan fingerprint density at radius 2 is 1.58 bits per heavy atom. The van der Waals surface area contributed by atoms with Gasteiger partial charge in [-0.1, -0.05) is 50.3 Å². The quantitative estimate of drug-likeness (QED) is 0.742. The van der Waals surface area contributed by atoms with Crippen LogP contribution in [0.25, 0.3) is 12.2 Å². The lowest BCUT2D eigenvalue weighted by Gasteiger charge is -2.42. The van der Waals surface area contributed by atoms with Crippen LogP contribution in [0.3, 0.4) is 0 Å². The topological polar surface area (TPSA) is 46.5 Å². The molecule has 0 spiro atoms. The number of hydrogen-bond acceptors (Lipinski definition) is 2. The second kappa shape index (κ2) is 6.73. The molecule has 136 valence electrons. The number of carboxylic acids is 1. The summed E-state index contributed by atoms with van der Waals surface area (Å²) in [5.41, 5.74) is 4.92. The van der Waals surface area contributed by atoms with Gasteiger partial charge in [-0.05, 0) is 65.6 Å². The first-order valence-corrected chi connectivity index (χ1v) is 8.97. The summed E-state index contributed by atoms with van der Waals surface area (Å²) >= 11 is 0. The average molecular weight is 350 g/mol. The van der Waals surface area contributed by atoms with Gasteiger partial charge < -0.3 is 9.84 Å². The first-order chi connectivity index (χ1) is 12.2. The highest BCUT2D eigenvalue weighted by atomic mass is 16.5. The van der Waals surface area contributed by atoms with E-state index in [0.717, 1.165) is 24.0 Å². The highest BCUT2D eigenvalue weighted by Crippen LogP contribution is 2.46. The van der Waals surface area contributed by atoms with Gasteiger partial charge in [-0.25, -0.2) is 4.79 Å². The van der Waals surface area contributed by atoms with Gasteiger partial charge in [0.25, 0.3) is 0 Å². The Hall–Kier alpha value is -2.39. The molecule has 1 N–H and O–H groups in total. The molecule has 3 rings (SSSR count). The number of aromatic carboxylic acids is 1. The van der Waals surface area contributed by atoms with Crippen LogP contribution in [0.4, 0.5) is 0 Å². The lowest BCUT2D eigenvalue weighted by Crippen LogP contribution is -2.37. The van der Waals surface area contributed by atoms with Crippen molar-refractivity contribution in [2.75, 3.05) is 7.11 Å². The number of ether oxygens (including phenoxy) is 1. The number of methoxy groups -OCH3 is 1. The molecule has 26 heavy (non-hydrogen) atoms. The number of carboxylic acid groups (broad SMARTS) is 1. The predicted molar refractivity (Wildman–Crippen MR) is 105 cm³/mol. The average Bonchev–Trinajstić information content (AvgIpc) is 2.64. The van der Waals surface area contributed by atoms with Crippen molar-refractivity contribution in [3.63, 3.8) is 0 Å². The highest BCUT2D eigenvalue weighted by Gasteiger charge is 2.39. The van der Waals surface area contributed by atoms with E-state index in [4.69, 9.17) is 9.84 Å². The van der Waals surface area contributed by atoms with Crippen molar-refractivity contribution in [2.24, 2.45) is 0 Å². The third-order valence-corrected chi connectivity index (χ3v) is 5.65. The summed E-state index contributed by atoms with van der Waals surface area (Å²) in [6.45, 7) is 6.75. The van der Waals surface area contributed by atoms with Gasteiger partial charge in [-0.2, -0.15) is 0 Å². The molecule has 1 unspecified atom stereocenters. The van der Waals surface area contributed by atoms with Gasteiger partial charge in [-0.15, -0.1) is 0 Å². The molecule has 1 aliphatic rings. The zero-order chi connectivity index (χ0) is 18.9. The molecule has 0 saturated heterocycles. The van der Waals surface area contributed by atoms with Crippen molar-refractivity contribution >= 4 is 18.1 Å². The van der Waals surface area contributed by atoms with Crippen LogP contribution in [0.1, 0.15) is 66.2 Å². The van der Waals surface area contributed by atoms with Gasteiger partial charge in [0.2, 0.25) is 0 Å². The van der Waals surface area contributed by atoms with Gasteiger partial charge >= 0.3 is 5.97 Å². The van der Waals surface area contributed by atoms with Gasteiger partial charge in [0.05, 0.1) is 11.2 Å². The molecule has 0 bridgehead atoms. The van der Waals surface area contributed by atoms with E-state index in [1.54, 1.807) is 19.2 Å². The van der Waals surface area contributed by atoms with Crippen molar-refractivity contribution in [3.05, 3.63) is 70.3 Å². The van der Waals surface area contributed by atoms with Crippen LogP contribution < -0.4 is 0 Å². The standard InChI is InChI=1S/C23H26O3/c1-22(2)13-14-23(3,26-4)20-15-17(9-12-19(20)22)6-5-16-7-10-18(11-8-16)21(24)25/h5-12,15H,13-14H2,1-4H3,(H,24,25). The second-order valence-electron chi connectivity index (χ2n) is 7.88. The molecule has 3 nitrogen and oxygen atoms in total. The molecule has 2 aromatic carbocycles. The minimum Gasteiger partial charge on any atom is -0.478 e. The summed E-state index contributed by atoms with van der Waals surface area (Å²) in [7, 11) is 1.79. The van der Waals surface area contributed by atoms with Crippen LogP contribution >= 0.6 is 0 Å². The van der Waals surface area contributed by atoms with Crippen LogP contribution in [0.2, 0.25) is 0 Å². The first-order valence-electron chi connectivity index (χ1n) is 8.97. The van der Waals surface area contributed by atoms with E-state index in [9.17, 15) is 4.79 Å². The van der Waals surface area contributed by atoms with Gasteiger partial charge in [0, 0.05) is 7.11 Å². The first kappa shape index (κ1) is 18.4. The van der Waals surface area contributed by atoms with E-state index < -0.39 is 5.97 Å². The summed E-state index contributed by atoms with van der Waals surface area (Å²) in [5, 5.41) is 8.98. The molecule has 0 aromatic heterocycles. The Bertz CT molecular complexity index is 846. The largest absolute Gasteiger partial charge is 0.478 e.